The topological polar surface area (TPSA) is 68.3 Å². The number of nitrogens with one attached hydrogen (secondary N) is 1. The Kier molecular flexibility index (Phi) is 3.60. The lowest BCUT2D eigenvalue weighted by Gasteiger charge is -1.74. The molecule has 0 aliphatic rings. The van der Waals surface area contributed by atoms with Crippen LogP contribution in [-0.4, -0.2) is 9.55 Å². The second-order valence-corrected chi connectivity index (χ2v) is 2.39. The summed E-state index contributed by atoms with van der Waals surface area (Å²) in [7, 11) is 0. The summed E-state index contributed by atoms with van der Waals surface area (Å²) in [4.78, 5) is 2.73. The molecule has 1 N–H and O–H groups in total. The molecule has 0 saturated carbocycles. The van der Waals surface area contributed by atoms with Crippen LogP contribution in [-0.2, 0) is 0 Å². The lowest BCUT2D eigenvalue weighted by atomic mass is 10.5. The average molecular weight is 184 g/mol. The number of aromatic nitrogens is 2. The van der Waals surface area contributed by atoms with Crippen LogP contribution in [0.2, 0.25) is 0 Å². The third-order valence-corrected chi connectivity index (χ3v) is 1.44. The molecule has 0 aliphatic heterocycles. The van der Waals surface area contributed by atoms with Crippen LogP contribution in [0.5, 0.6) is 0 Å². The summed E-state index contributed by atoms with van der Waals surface area (Å²) >= 11 is 0. The molecular formula is C10H8N4. The molecule has 4 heteroatoms. The van der Waals surface area contributed by atoms with Gasteiger partial charge in [-0.15, -0.1) is 0 Å². The van der Waals surface area contributed by atoms with E-state index in [1.165, 1.54) is 4.57 Å². The maximum absolute atomic E-state index is 8.15. The minimum absolute atomic E-state index is 0.611. The summed E-state index contributed by atoms with van der Waals surface area (Å²) in [6.07, 6.45) is 7.03. The smallest absolute Gasteiger partial charge is 0.188 e. The van der Waals surface area contributed by atoms with Crippen LogP contribution in [0.15, 0.2) is 42.9 Å². The molecule has 0 radical (unpaired) electrons. The predicted octanol–water partition coefficient (Wildman–Crippen LogP) is 1.70. The molecule has 0 fully saturated rings. The normalized spacial score (nSPS) is 7.86. The van der Waals surface area contributed by atoms with Crippen LogP contribution in [0.1, 0.15) is 5.69 Å². The number of hydrogen-bond donors (Lipinski definition) is 1. The van der Waals surface area contributed by atoms with E-state index in [0.29, 0.717) is 5.69 Å². The maximum Gasteiger partial charge on any atom is 0.188 e. The molecule has 68 valence electrons. The number of rotatable bonds is 0. The molecule has 0 aliphatic carbocycles. The van der Waals surface area contributed by atoms with Crippen molar-refractivity contribution in [3.8, 4) is 12.3 Å². The Balaban J connectivity index is 0.000000140. The maximum atomic E-state index is 8.15. The van der Waals surface area contributed by atoms with Gasteiger partial charge in [0.05, 0.1) is 0 Å². The molecule has 0 unspecified atom stereocenters. The molecule has 0 amide bonds. The molecule has 14 heavy (non-hydrogen) atoms. The van der Waals surface area contributed by atoms with E-state index in [1.54, 1.807) is 30.7 Å². The van der Waals surface area contributed by atoms with Crippen LogP contribution < -0.4 is 0 Å². The predicted molar refractivity (Wildman–Crippen MR) is 51.0 cm³/mol. The van der Waals surface area contributed by atoms with Gasteiger partial charge >= 0.3 is 0 Å². The van der Waals surface area contributed by atoms with Gasteiger partial charge in [-0.05, 0) is 24.3 Å². The highest BCUT2D eigenvalue weighted by Crippen LogP contribution is 1.87. The van der Waals surface area contributed by atoms with Crippen molar-refractivity contribution in [2.24, 2.45) is 0 Å². The van der Waals surface area contributed by atoms with Crippen molar-refractivity contribution < 1.29 is 0 Å². The minimum Gasteiger partial charge on any atom is -0.353 e. The van der Waals surface area contributed by atoms with Gasteiger partial charge in [-0.1, -0.05) is 0 Å². The third kappa shape index (κ3) is 2.88. The Labute approximate surface area is 81.6 Å². The van der Waals surface area contributed by atoms with Crippen LogP contribution in [0, 0.1) is 22.8 Å². The van der Waals surface area contributed by atoms with Gasteiger partial charge in [-0.2, -0.15) is 10.5 Å². The highest BCUT2D eigenvalue weighted by molar-refractivity contribution is 5.18. The van der Waals surface area contributed by atoms with Gasteiger partial charge in [0.1, 0.15) is 11.8 Å². The van der Waals surface area contributed by atoms with Gasteiger partial charge in [-0.3, -0.25) is 4.57 Å². The van der Waals surface area contributed by atoms with Crippen molar-refractivity contribution in [3.63, 3.8) is 0 Å². The van der Waals surface area contributed by atoms with Crippen molar-refractivity contribution in [2.45, 2.75) is 0 Å². The van der Waals surface area contributed by atoms with E-state index in [4.69, 9.17) is 10.5 Å². The molecule has 0 saturated heterocycles. The van der Waals surface area contributed by atoms with E-state index >= 15 is 0 Å². The van der Waals surface area contributed by atoms with Crippen molar-refractivity contribution in [1.29, 1.82) is 10.5 Å². The molecule has 0 spiro atoms. The number of hydrogen-bond acceptors (Lipinski definition) is 2. The van der Waals surface area contributed by atoms with E-state index in [9.17, 15) is 0 Å². The van der Waals surface area contributed by atoms with Gasteiger partial charge in [0.15, 0.2) is 6.19 Å². The number of nitriles is 2. The lowest BCUT2D eigenvalue weighted by Crippen LogP contribution is -1.76. The first-order valence-corrected chi connectivity index (χ1v) is 3.93. The first-order chi connectivity index (χ1) is 6.86. The molecule has 2 aromatic heterocycles. The molecule has 0 atom stereocenters. The zero-order valence-electron chi connectivity index (χ0n) is 7.38. The van der Waals surface area contributed by atoms with E-state index < -0.39 is 0 Å². The molecular weight excluding hydrogens is 176 g/mol. The Morgan fingerprint density at radius 2 is 1.86 bits per heavy atom. The van der Waals surface area contributed by atoms with Crippen LogP contribution in [0.3, 0.4) is 0 Å². The average Bonchev–Trinajstić information content (AvgIpc) is 2.92. The van der Waals surface area contributed by atoms with Gasteiger partial charge in [0, 0.05) is 18.6 Å². The fourth-order valence-electron chi connectivity index (χ4n) is 0.801. The number of H-pyrrole nitrogens is 1. The monoisotopic (exact) mass is 184 g/mol. The Hall–Kier alpha value is -2.46. The van der Waals surface area contributed by atoms with Gasteiger partial charge in [-0.25, -0.2) is 0 Å². The van der Waals surface area contributed by atoms with Crippen LogP contribution >= 0.6 is 0 Å². The van der Waals surface area contributed by atoms with Gasteiger partial charge in [0.2, 0.25) is 0 Å². The molecule has 2 heterocycles. The summed E-state index contributed by atoms with van der Waals surface area (Å²) in [5, 5.41) is 16.3. The first kappa shape index (κ1) is 9.63. The standard InChI is InChI=1S/2C5H4N2/c6-4-5-2-1-3-7-5;6-5-7-3-1-2-4-7/h1-3,7H;1-4H. The third-order valence-electron chi connectivity index (χ3n) is 1.44. The van der Waals surface area contributed by atoms with E-state index in [2.05, 4.69) is 4.98 Å². The Morgan fingerprint density at radius 1 is 1.14 bits per heavy atom. The molecule has 2 aromatic rings. The quantitative estimate of drug-likeness (QED) is 0.677. The highest BCUT2D eigenvalue weighted by Gasteiger charge is 1.80. The summed E-state index contributed by atoms with van der Waals surface area (Å²) in [6.45, 7) is 0. The highest BCUT2D eigenvalue weighted by atomic mass is 14.9. The van der Waals surface area contributed by atoms with E-state index in [0.717, 1.165) is 0 Å². The summed E-state index contributed by atoms with van der Waals surface area (Å²) < 4.78 is 1.43. The van der Waals surface area contributed by atoms with Crippen molar-refractivity contribution in [2.75, 3.05) is 0 Å². The van der Waals surface area contributed by atoms with E-state index in [1.807, 2.05) is 24.4 Å². The molecule has 2 rings (SSSR count). The zero-order valence-corrected chi connectivity index (χ0v) is 7.38. The number of aromatic amines is 1. The van der Waals surface area contributed by atoms with Crippen LogP contribution in [0.4, 0.5) is 0 Å². The second kappa shape index (κ2) is 5.23. The van der Waals surface area contributed by atoms with Crippen molar-refractivity contribution in [1.82, 2.24) is 9.55 Å². The van der Waals surface area contributed by atoms with Gasteiger partial charge < -0.3 is 4.98 Å². The van der Waals surface area contributed by atoms with Crippen molar-refractivity contribution >= 4 is 0 Å². The fourth-order valence-corrected chi connectivity index (χ4v) is 0.801. The summed E-state index contributed by atoms with van der Waals surface area (Å²) in [5.74, 6) is 0. The fraction of sp³-hybridized carbons (Fsp3) is 0. The first-order valence-electron chi connectivity index (χ1n) is 3.93. The second-order valence-electron chi connectivity index (χ2n) is 2.39. The van der Waals surface area contributed by atoms with E-state index in [-0.39, 0.29) is 0 Å². The largest absolute Gasteiger partial charge is 0.353 e. The summed E-state index contributed by atoms with van der Waals surface area (Å²) in [5.41, 5.74) is 0.611. The molecule has 4 nitrogen and oxygen atoms in total. The zero-order chi connectivity index (χ0) is 10.2. The lowest BCUT2D eigenvalue weighted by molar-refractivity contribution is 1.10. The van der Waals surface area contributed by atoms with Crippen LogP contribution in [0.25, 0.3) is 0 Å². The van der Waals surface area contributed by atoms with Gasteiger partial charge in [0.25, 0.3) is 0 Å². The molecule has 0 bridgehead atoms. The Bertz CT molecular complexity index is 381. The Morgan fingerprint density at radius 3 is 2.14 bits per heavy atom. The SMILES string of the molecule is N#Cc1ccc[nH]1.N#Cn1cccc1. The van der Waals surface area contributed by atoms with Crippen molar-refractivity contribution in [3.05, 3.63) is 48.5 Å². The number of nitrogens with zero attached hydrogens (tertiary/aromatic N) is 3. The minimum atomic E-state index is 0.611. The summed E-state index contributed by atoms with van der Waals surface area (Å²) in [6, 6.07) is 9.08. The molecule has 0 aromatic carbocycles.